The molecule has 3 aromatic carbocycles. The van der Waals surface area contributed by atoms with Crippen molar-refractivity contribution in [2.45, 2.75) is 26.1 Å². The quantitative estimate of drug-likeness (QED) is 0.454. The molecule has 1 aliphatic rings. The van der Waals surface area contributed by atoms with Crippen molar-refractivity contribution in [3.8, 4) is 11.3 Å². The minimum absolute atomic E-state index is 0.128. The number of carbonyl (C=O) groups is 1. The van der Waals surface area contributed by atoms with E-state index in [0.717, 1.165) is 34.2 Å². The van der Waals surface area contributed by atoms with Crippen LogP contribution < -0.4 is 11.1 Å². The van der Waals surface area contributed by atoms with Crippen LogP contribution >= 0.6 is 0 Å². The molecule has 0 fully saturated rings. The number of nitrogens with two attached hydrogens (primary N) is 1. The number of nitrogens with one attached hydrogen (secondary N) is 1. The summed E-state index contributed by atoms with van der Waals surface area (Å²) >= 11 is 0. The maximum Gasteiger partial charge on any atom is 0.244 e. The van der Waals surface area contributed by atoms with E-state index in [0.29, 0.717) is 19.6 Å². The largest absolute Gasteiger partial charge is 0.340 e. The fourth-order valence-corrected chi connectivity index (χ4v) is 4.23. The smallest absolute Gasteiger partial charge is 0.244 e. The molecule has 3 N–H and O–H groups in total. The second-order valence-electron chi connectivity index (χ2n) is 8.52. The normalized spacial score (nSPS) is 13.9. The first-order valence-corrected chi connectivity index (χ1v) is 11.3. The number of aromatic nitrogens is 2. The number of rotatable bonds is 5. The predicted octanol–water partition coefficient (Wildman–Crippen LogP) is 4.78. The number of fused-ring (bicyclic) bond motifs is 1. The van der Waals surface area contributed by atoms with Crippen molar-refractivity contribution in [2.24, 2.45) is 5.73 Å². The van der Waals surface area contributed by atoms with Crippen LogP contribution in [0.25, 0.3) is 11.3 Å². The van der Waals surface area contributed by atoms with Gasteiger partial charge in [-0.1, -0.05) is 48.0 Å². The summed E-state index contributed by atoms with van der Waals surface area (Å²) in [4.78, 5) is 19.8. The van der Waals surface area contributed by atoms with Gasteiger partial charge in [0.2, 0.25) is 5.91 Å². The SMILES string of the molecule is Cc1ccc(Nc2c(-c3ccc(F)cc3)nc3n2CCN(C(=O)C(N)c2ccccc2)C3)cc1. The third-order valence-electron chi connectivity index (χ3n) is 6.14. The van der Waals surface area contributed by atoms with Gasteiger partial charge in [-0.05, 0) is 48.9 Å². The van der Waals surface area contributed by atoms with Crippen LogP contribution in [0.2, 0.25) is 0 Å². The molecule has 0 spiro atoms. The van der Waals surface area contributed by atoms with Crippen molar-refractivity contribution in [1.29, 1.82) is 0 Å². The van der Waals surface area contributed by atoms with Gasteiger partial charge in [0.25, 0.3) is 0 Å². The fraction of sp³-hybridized carbons (Fsp3) is 0.185. The van der Waals surface area contributed by atoms with E-state index in [2.05, 4.69) is 9.88 Å². The first kappa shape index (κ1) is 21.9. The molecule has 0 saturated carbocycles. The van der Waals surface area contributed by atoms with Gasteiger partial charge < -0.3 is 20.5 Å². The van der Waals surface area contributed by atoms with Crippen LogP contribution in [0, 0.1) is 12.7 Å². The number of halogens is 1. The van der Waals surface area contributed by atoms with Gasteiger partial charge >= 0.3 is 0 Å². The highest BCUT2D eigenvalue weighted by molar-refractivity contribution is 5.83. The Morgan fingerprint density at radius 2 is 1.71 bits per heavy atom. The van der Waals surface area contributed by atoms with Gasteiger partial charge in [-0.3, -0.25) is 4.79 Å². The van der Waals surface area contributed by atoms with Gasteiger partial charge in [0.05, 0.1) is 6.54 Å². The lowest BCUT2D eigenvalue weighted by molar-refractivity contribution is -0.134. The fourth-order valence-electron chi connectivity index (χ4n) is 4.23. The molecular weight excluding hydrogens is 429 g/mol. The average molecular weight is 456 g/mol. The van der Waals surface area contributed by atoms with Gasteiger partial charge in [0, 0.05) is 24.3 Å². The van der Waals surface area contributed by atoms with E-state index in [-0.39, 0.29) is 11.7 Å². The Balaban J connectivity index is 1.47. The lowest BCUT2D eigenvalue weighted by Gasteiger charge is -2.30. The summed E-state index contributed by atoms with van der Waals surface area (Å²) in [6.07, 6.45) is 0. The Morgan fingerprint density at radius 1 is 1.00 bits per heavy atom. The van der Waals surface area contributed by atoms with Crippen LogP contribution in [-0.4, -0.2) is 26.9 Å². The molecule has 5 rings (SSSR count). The Hall–Kier alpha value is -3.97. The number of hydrogen-bond donors (Lipinski definition) is 2. The summed E-state index contributed by atoms with van der Waals surface area (Å²) in [7, 11) is 0. The van der Waals surface area contributed by atoms with Crippen molar-refractivity contribution in [2.75, 3.05) is 11.9 Å². The van der Waals surface area contributed by atoms with Crippen molar-refractivity contribution in [3.63, 3.8) is 0 Å². The lowest BCUT2D eigenvalue weighted by Crippen LogP contribution is -2.43. The molecule has 1 amide bonds. The molecule has 1 unspecified atom stereocenters. The summed E-state index contributed by atoms with van der Waals surface area (Å²) in [6.45, 7) is 3.49. The summed E-state index contributed by atoms with van der Waals surface area (Å²) in [5.74, 6) is 1.16. The van der Waals surface area contributed by atoms with E-state index in [1.54, 1.807) is 17.0 Å². The number of aryl methyl sites for hydroxylation is 1. The van der Waals surface area contributed by atoms with Crippen LogP contribution in [0.5, 0.6) is 0 Å². The number of benzene rings is 3. The molecule has 6 nitrogen and oxygen atoms in total. The molecule has 1 atom stereocenters. The molecule has 172 valence electrons. The van der Waals surface area contributed by atoms with Crippen molar-refractivity contribution < 1.29 is 9.18 Å². The van der Waals surface area contributed by atoms with Crippen LogP contribution in [0.4, 0.5) is 15.9 Å². The Bertz CT molecular complexity index is 1300. The molecule has 1 aromatic heterocycles. The molecule has 34 heavy (non-hydrogen) atoms. The molecule has 2 heterocycles. The molecule has 0 radical (unpaired) electrons. The zero-order valence-corrected chi connectivity index (χ0v) is 18.9. The van der Waals surface area contributed by atoms with Crippen LogP contribution in [-0.2, 0) is 17.9 Å². The third-order valence-corrected chi connectivity index (χ3v) is 6.14. The van der Waals surface area contributed by atoms with Crippen LogP contribution in [0.15, 0.2) is 78.9 Å². The van der Waals surface area contributed by atoms with Gasteiger partial charge in [-0.2, -0.15) is 0 Å². The summed E-state index contributed by atoms with van der Waals surface area (Å²) in [5, 5.41) is 3.49. The second-order valence-corrected chi connectivity index (χ2v) is 8.52. The molecule has 4 aromatic rings. The molecular formula is C27H26FN5O. The average Bonchev–Trinajstić information content (AvgIpc) is 3.23. The Morgan fingerprint density at radius 3 is 2.41 bits per heavy atom. The van der Waals surface area contributed by atoms with Gasteiger partial charge in [0.15, 0.2) is 0 Å². The van der Waals surface area contributed by atoms with Gasteiger partial charge in [-0.15, -0.1) is 0 Å². The minimum atomic E-state index is -0.718. The van der Waals surface area contributed by atoms with E-state index in [1.807, 2.05) is 61.5 Å². The summed E-state index contributed by atoms with van der Waals surface area (Å²) in [6, 6.07) is 23.1. The lowest BCUT2D eigenvalue weighted by atomic mass is 10.1. The topological polar surface area (TPSA) is 76.2 Å². The van der Waals surface area contributed by atoms with Crippen molar-refractivity contribution in [3.05, 3.63) is 102 Å². The zero-order chi connectivity index (χ0) is 23.7. The second kappa shape index (κ2) is 9.11. The molecule has 1 aliphatic heterocycles. The van der Waals surface area contributed by atoms with E-state index in [9.17, 15) is 9.18 Å². The predicted molar refractivity (Wildman–Crippen MR) is 131 cm³/mol. The molecule has 0 aliphatic carbocycles. The maximum atomic E-state index is 13.6. The highest BCUT2D eigenvalue weighted by Crippen LogP contribution is 2.33. The number of amides is 1. The van der Waals surface area contributed by atoms with Gasteiger partial charge in [0.1, 0.15) is 29.2 Å². The molecule has 0 saturated heterocycles. The number of carbonyl (C=O) groups excluding carboxylic acids is 1. The van der Waals surface area contributed by atoms with Gasteiger partial charge in [-0.25, -0.2) is 9.37 Å². The highest BCUT2D eigenvalue weighted by atomic mass is 19.1. The molecule has 7 heteroatoms. The Kier molecular flexibility index (Phi) is 5.86. The van der Waals surface area contributed by atoms with E-state index < -0.39 is 6.04 Å². The summed E-state index contributed by atoms with van der Waals surface area (Å²) < 4.78 is 15.7. The van der Waals surface area contributed by atoms with Crippen molar-refractivity contribution in [1.82, 2.24) is 14.5 Å². The standard InChI is InChI=1S/C27H26FN5O/c1-18-7-13-22(14-8-18)30-26-25(20-9-11-21(28)12-10-20)31-23-17-32(15-16-33(23)26)27(34)24(29)19-5-3-2-4-6-19/h2-14,24,30H,15-17,29H2,1H3. The summed E-state index contributed by atoms with van der Waals surface area (Å²) in [5.41, 5.74) is 10.7. The third kappa shape index (κ3) is 4.30. The van der Waals surface area contributed by atoms with Crippen LogP contribution in [0.1, 0.15) is 23.0 Å². The number of nitrogens with zero attached hydrogens (tertiary/aromatic N) is 3. The zero-order valence-electron chi connectivity index (χ0n) is 18.9. The monoisotopic (exact) mass is 455 g/mol. The van der Waals surface area contributed by atoms with E-state index in [4.69, 9.17) is 10.7 Å². The van der Waals surface area contributed by atoms with E-state index in [1.165, 1.54) is 17.7 Å². The number of imidazole rings is 1. The van der Waals surface area contributed by atoms with Crippen LogP contribution in [0.3, 0.4) is 0 Å². The minimum Gasteiger partial charge on any atom is -0.340 e. The molecule has 0 bridgehead atoms. The number of hydrogen-bond acceptors (Lipinski definition) is 4. The van der Waals surface area contributed by atoms with Crippen molar-refractivity contribution >= 4 is 17.4 Å². The number of anilines is 2. The Labute approximate surface area is 197 Å². The van der Waals surface area contributed by atoms with E-state index >= 15 is 0 Å². The highest BCUT2D eigenvalue weighted by Gasteiger charge is 2.29. The first-order chi connectivity index (χ1) is 16.5. The maximum absolute atomic E-state index is 13.6. The first-order valence-electron chi connectivity index (χ1n) is 11.3.